The van der Waals surface area contributed by atoms with Gasteiger partial charge in [-0.25, -0.2) is 8.42 Å². The van der Waals surface area contributed by atoms with E-state index in [1.165, 1.54) is 18.2 Å². The molecule has 152 valence electrons. The zero-order valence-electron chi connectivity index (χ0n) is 15.7. The molecular weight excluding hydrogens is 421 g/mol. The first kappa shape index (κ1) is 21.0. The number of halogens is 2. The maximum atomic E-state index is 12.7. The fourth-order valence-corrected chi connectivity index (χ4v) is 4.98. The lowest BCUT2D eigenvalue weighted by Crippen LogP contribution is -2.36. The van der Waals surface area contributed by atoms with Crippen LogP contribution >= 0.6 is 23.2 Å². The SMILES string of the molecule is COc1ccc(NS(=O)(=O)c2ccc(Cl)cc2Cl)cc1NC1CCN(C)CC1. The first-order valence-corrected chi connectivity index (χ1v) is 11.1. The number of rotatable bonds is 6. The number of hydrogen-bond acceptors (Lipinski definition) is 5. The van der Waals surface area contributed by atoms with Gasteiger partial charge in [0.25, 0.3) is 10.0 Å². The lowest BCUT2D eigenvalue weighted by atomic mass is 10.0. The van der Waals surface area contributed by atoms with E-state index in [2.05, 4.69) is 22.0 Å². The molecular formula is C19H23Cl2N3O3S. The van der Waals surface area contributed by atoms with Crippen molar-refractivity contribution in [2.24, 2.45) is 0 Å². The highest BCUT2D eigenvalue weighted by Crippen LogP contribution is 2.32. The molecule has 0 radical (unpaired) electrons. The Morgan fingerprint density at radius 3 is 2.46 bits per heavy atom. The van der Waals surface area contributed by atoms with Crippen LogP contribution < -0.4 is 14.8 Å². The Bertz CT molecular complexity index is 945. The molecule has 0 saturated carbocycles. The summed E-state index contributed by atoms with van der Waals surface area (Å²) in [5.74, 6) is 0.659. The third-order valence-electron chi connectivity index (χ3n) is 4.71. The van der Waals surface area contributed by atoms with Crippen LogP contribution in [0, 0.1) is 0 Å². The quantitative estimate of drug-likeness (QED) is 0.695. The minimum atomic E-state index is -3.85. The fourth-order valence-electron chi connectivity index (χ4n) is 3.16. The molecule has 2 aromatic carbocycles. The number of piperidine rings is 1. The summed E-state index contributed by atoms with van der Waals surface area (Å²) in [6.45, 7) is 2.03. The van der Waals surface area contributed by atoms with Crippen molar-refractivity contribution in [3.63, 3.8) is 0 Å². The normalized spacial score (nSPS) is 16.0. The minimum absolute atomic E-state index is 0.0285. The van der Waals surface area contributed by atoms with Gasteiger partial charge < -0.3 is 15.0 Å². The van der Waals surface area contributed by atoms with Crippen LogP contribution in [0.15, 0.2) is 41.3 Å². The second kappa shape index (κ2) is 8.78. The lowest BCUT2D eigenvalue weighted by Gasteiger charge is -2.30. The predicted octanol–water partition coefficient (Wildman–Crippen LogP) is 4.31. The molecule has 28 heavy (non-hydrogen) atoms. The number of likely N-dealkylation sites (tertiary alicyclic amines) is 1. The van der Waals surface area contributed by atoms with Gasteiger partial charge >= 0.3 is 0 Å². The van der Waals surface area contributed by atoms with E-state index in [4.69, 9.17) is 27.9 Å². The predicted molar refractivity (Wildman–Crippen MR) is 114 cm³/mol. The van der Waals surface area contributed by atoms with Crippen molar-refractivity contribution in [1.29, 1.82) is 0 Å². The van der Waals surface area contributed by atoms with Gasteiger partial charge in [-0.2, -0.15) is 0 Å². The molecule has 1 saturated heterocycles. The summed E-state index contributed by atoms with van der Waals surface area (Å²) < 4.78 is 33.5. The molecule has 0 atom stereocenters. The molecule has 3 rings (SSSR count). The van der Waals surface area contributed by atoms with E-state index in [1.54, 1.807) is 25.3 Å². The van der Waals surface area contributed by atoms with Crippen molar-refractivity contribution < 1.29 is 13.2 Å². The molecule has 0 aromatic heterocycles. The number of benzene rings is 2. The van der Waals surface area contributed by atoms with Crippen LogP contribution in [0.5, 0.6) is 5.75 Å². The van der Waals surface area contributed by atoms with Crippen LogP contribution in [0.1, 0.15) is 12.8 Å². The maximum Gasteiger partial charge on any atom is 0.263 e. The first-order valence-electron chi connectivity index (χ1n) is 8.89. The zero-order valence-corrected chi connectivity index (χ0v) is 18.0. The fraction of sp³-hybridized carbons (Fsp3) is 0.368. The van der Waals surface area contributed by atoms with E-state index < -0.39 is 10.0 Å². The molecule has 0 unspecified atom stereocenters. The topological polar surface area (TPSA) is 70.7 Å². The van der Waals surface area contributed by atoms with Crippen molar-refractivity contribution in [3.05, 3.63) is 46.4 Å². The Balaban J connectivity index is 1.82. The van der Waals surface area contributed by atoms with Crippen LogP contribution in [-0.4, -0.2) is 46.6 Å². The van der Waals surface area contributed by atoms with Gasteiger partial charge in [-0.3, -0.25) is 4.72 Å². The van der Waals surface area contributed by atoms with Gasteiger partial charge in [-0.15, -0.1) is 0 Å². The summed E-state index contributed by atoms with van der Waals surface area (Å²) in [4.78, 5) is 2.26. The maximum absolute atomic E-state index is 12.7. The van der Waals surface area contributed by atoms with Crippen LogP contribution in [0.3, 0.4) is 0 Å². The summed E-state index contributed by atoms with van der Waals surface area (Å²) in [7, 11) is -0.158. The van der Waals surface area contributed by atoms with Gasteiger partial charge in [-0.1, -0.05) is 23.2 Å². The minimum Gasteiger partial charge on any atom is -0.495 e. The second-order valence-corrected chi connectivity index (χ2v) is 9.31. The van der Waals surface area contributed by atoms with Gasteiger partial charge in [-0.05, 0) is 69.4 Å². The Labute approximate surface area is 175 Å². The third kappa shape index (κ3) is 5.03. The second-order valence-electron chi connectivity index (χ2n) is 6.82. The van der Waals surface area contributed by atoms with Gasteiger partial charge in [0.1, 0.15) is 10.6 Å². The monoisotopic (exact) mass is 443 g/mol. The smallest absolute Gasteiger partial charge is 0.263 e. The van der Waals surface area contributed by atoms with Crippen molar-refractivity contribution in [3.8, 4) is 5.75 Å². The van der Waals surface area contributed by atoms with Crippen LogP contribution in [0.4, 0.5) is 11.4 Å². The highest BCUT2D eigenvalue weighted by Gasteiger charge is 2.21. The number of nitrogens with one attached hydrogen (secondary N) is 2. The Kier molecular flexibility index (Phi) is 6.60. The average molecular weight is 444 g/mol. The zero-order chi connectivity index (χ0) is 20.3. The molecule has 1 aliphatic heterocycles. The standard InChI is InChI=1S/C19H23Cl2N3O3S/c1-24-9-7-14(8-10-24)22-17-12-15(4-5-18(17)27-2)23-28(25,26)19-6-3-13(20)11-16(19)21/h3-6,11-12,14,22-23H,7-10H2,1-2H3. The van der Waals surface area contributed by atoms with Crippen molar-refractivity contribution in [2.75, 3.05) is 37.3 Å². The number of anilines is 2. The highest BCUT2D eigenvalue weighted by molar-refractivity contribution is 7.92. The van der Waals surface area contributed by atoms with Crippen molar-refractivity contribution >= 4 is 44.6 Å². The molecule has 0 aliphatic carbocycles. The molecule has 0 bridgehead atoms. The van der Waals surface area contributed by atoms with E-state index in [0.717, 1.165) is 31.6 Å². The molecule has 6 nitrogen and oxygen atoms in total. The van der Waals surface area contributed by atoms with E-state index in [-0.39, 0.29) is 9.92 Å². The summed E-state index contributed by atoms with van der Waals surface area (Å²) >= 11 is 11.9. The van der Waals surface area contributed by atoms with Crippen LogP contribution in [0.2, 0.25) is 10.0 Å². The van der Waals surface area contributed by atoms with E-state index >= 15 is 0 Å². The molecule has 1 aliphatic rings. The molecule has 1 fully saturated rings. The number of methoxy groups -OCH3 is 1. The molecule has 2 aromatic rings. The van der Waals surface area contributed by atoms with Gasteiger partial charge in [0.2, 0.25) is 0 Å². The molecule has 0 amide bonds. The Morgan fingerprint density at radius 2 is 1.82 bits per heavy atom. The van der Waals surface area contributed by atoms with E-state index in [1.807, 2.05) is 0 Å². The molecule has 9 heteroatoms. The number of hydrogen-bond donors (Lipinski definition) is 2. The summed E-state index contributed by atoms with van der Waals surface area (Å²) in [5.41, 5.74) is 1.17. The third-order valence-corrected chi connectivity index (χ3v) is 6.81. The largest absolute Gasteiger partial charge is 0.495 e. The van der Waals surface area contributed by atoms with Crippen molar-refractivity contribution in [1.82, 2.24) is 4.90 Å². The highest BCUT2D eigenvalue weighted by atomic mass is 35.5. The van der Waals surface area contributed by atoms with Gasteiger partial charge in [0.05, 0.1) is 23.5 Å². The van der Waals surface area contributed by atoms with Gasteiger partial charge in [0, 0.05) is 11.1 Å². The molecule has 2 N–H and O–H groups in total. The number of ether oxygens (including phenoxy) is 1. The summed E-state index contributed by atoms with van der Waals surface area (Å²) in [6, 6.07) is 9.70. The van der Waals surface area contributed by atoms with Crippen LogP contribution in [-0.2, 0) is 10.0 Å². The van der Waals surface area contributed by atoms with Crippen LogP contribution in [0.25, 0.3) is 0 Å². The van der Waals surface area contributed by atoms with Crippen molar-refractivity contribution in [2.45, 2.75) is 23.8 Å². The average Bonchev–Trinajstić information content (AvgIpc) is 2.63. The summed E-state index contributed by atoms with van der Waals surface area (Å²) in [6.07, 6.45) is 2.02. The molecule has 0 spiro atoms. The van der Waals surface area contributed by atoms with E-state index in [9.17, 15) is 8.42 Å². The Morgan fingerprint density at radius 1 is 1.11 bits per heavy atom. The summed E-state index contributed by atoms with van der Waals surface area (Å²) in [5, 5.41) is 3.92. The number of sulfonamides is 1. The lowest BCUT2D eigenvalue weighted by molar-refractivity contribution is 0.263. The van der Waals surface area contributed by atoms with Gasteiger partial charge in [0.15, 0.2) is 0 Å². The van der Waals surface area contributed by atoms with E-state index in [0.29, 0.717) is 22.5 Å². The molecule has 1 heterocycles. The first-order chi connectivity index (χ1) is 13.3. The Hall–Kier alpha value is -1.67. The number of nitrogens with zero attached hydrogens (tertiary/aromatic N) is 1.